The molecule has 4 heteroatoms. The molecule has 122 valence electrons. The number of nitrogens with one attached hydrogen (secondary N) is 1. The van der Waals surface area contributed by atoms with Crippen LogP contribution < -0.4 is 11.1 Å². The third kappa shape index (κ3) is 4.10. The van der Waals surface area contributed by atoms with Gasteiger partial charge in [0, 0.05) is 11.3 Å². The van der Waals surface area contributed by atoms with Crippen LogP contribution in [0, 0.1) is 0 Å². The lowest BCUT2D eigenvalue weighted by Crippen LogP contribution is -2.43. The summed E-state index contributed by atoms with van der Waals surface area (Å²) in [6, 6.07) is 23.1. The Morgan fingerprint density at radius 2 is 1.50 bits per heavy atom. The molecule has 3 N–H and O–H groups in total. The van der Waals surface area contributed by atoms with Gasteiger partial charge in [0.25, 0.3) is 0 Å². The molecule has 0 fully saturated rings. The summed E-state index contributed by atoms with van der Waals surface area (Å²) >= 11 is 1.62. The zero-order valence-corrected chi connectivity index (χ0v) is 14.1. The van der Waals surface area contributed by atoms with Crippen LogP contribution in [0.15, 0.2) is 78.2 Å². The van der Waals surface area contributed by atoms with Gasteiger partial charge in [-0.3, -0.25) is 4.79 Å². The van der Waals surface area contributed by atoms with Crippen molar-refractivity contribution in [3.63, 3.8) is 0 Å². The number of thiophene rings is 1. The van der Waals surface area contributed by atoms with Gasteiger partial charge >= 0.3 is 0 Å². The van der Waals surface area contributed by atoms with Crippen molar-refractivity contribution >= 4 is 17.2 Å². The molecule has 0 saturated carbocycles. The molecule has 3 nitrogen and oxygen atoms in total. The predicted molar refractivity (Wildman–Crippen MR) is 98.9 cm³/mol. The summed E-state index contributed by atoms with van der Waals surface area (Å²) in [5, 5.41) is 5.10. The topological polar surface area (TPSA) is 55.1 Å². The first-order chi connectivity index (χ1) is 11.7. The van der Waals surface area contributed by atoms with Crippen LogP contribution in [-0.2, 0) is 11.2 Å². The molecular formula is C20H20N2OS. The molecule has 0 aliphatic carbocycles. The maximum Gasteiger partial charge on any atom is 0.238 e. The van der Waals surface area contributed by atoms with Crippen LogP contribution in [0.2, 0.25) is 0 Å². The average molecular weight is 336 g/mol. The normalized spacial score (nSPS) is 12.1. The van der Waals surface area contributed by atoms with Crippen molar-refractivity contribution in [3.05, 3.63) is 94.2 Å². The average Bonchev–Trinajstić information content (AvgIpc) is 3.14. The number of nitrogens with two attached hydrogens (primary N) is 1. The minimum atomic E-state index is -0.557. The highest BCUT2D eigenvalue weighted by Crippen LogP contribution is 2.22. The van der Waals surface area contributed by atoms with E-state index in [2.05, 4.69) is 5.32 Å². The van der Waals surface area contributed by atoms with Gasteiger partial charge in [0.05, 0.1) is 12.1 Å². The van der Waals surface area contributed by atoms with Crippen molar-refractivity contribution in [1.82, 2.24) is 5.32 Å². The van der Waals surface area contributed by atoms with E-state index in [-0.39, 0.29) is 11.9 Å². The predicted octanol–water partition coefficient (Wildman–Crippen LogP) is 3.52. The molecule has 0 spiro atoms. The number of rotatable bonds is 6. The molecule has 0 saturated heterocycles. The van der Waals surface area contributed by atoms with Crippen LogP contribution in [0.1, 0.15) is 22.0 Å². The second-order valence-electron chi connectivity index (χ2n) is 5.65. The number of benzene rings is 2. The van der Waals surface area contributed by atoms with E-state index >= 15 is 0 Å². The Kier molecular flexibility index (Phi) is 5.41. The number of hydrogen-bond donors (Lipinski definition) is 2. The largest absolute Gasteiger partial charge is 0.344 e. The molecule has 0 radical (unpaired) electrons. The van der Waals surface area contributed by atoms with Crippen LogP contribution in [0.5, 0.6) is 0 Å². The number of amides is 1. The first-order valence-electron chi connectivity index (χ1n) is 7.92. The number of carbonyl (C=O) groups is 1. The van der Waals surface area contributed by atoms with Crippen molar-refractivity contribution in [3.8, 4) is 0 Å². The van der Waals surface area contributed by atoms with Crippen molar-refractivity contribution < 1.29 is 4.79 Å². The van der Waals surface area contributed by atoms with Gasteiger partial charge < -0.3 is 11.1 Å². The summed E-state index contributed by atoms with van der Waals surface area (Å²) in [5.41, 5.74) is 8.19. The lowest BCUT2D eigenvalue weighted by molar-refractivity contribution is -0.122. The van der Waals surface area contributed by atoms with Gasteiger partial charge in [0.1, 0.15) is 0 Å². The highest BCUT2D eigenvalue weighted by molar-refractivity contribution is 7.09. The summed E-state index contributed by atoms with van der Waals surface area (Å²) in [6.45, 7) is 0. The molecule has 1 aromatic heterocycles. The Morgan fingerprint density at radius 3 is 2.00 bits per heavy atom. The molecule has 1 heterocycles. The second-order valence-corrected chi connectivity index (χ2v) is 6.69. The Labute approximate surface area is 146 Å². The van der Waals surface area contributed by atoms with Crippen molar-refractivity contribution in [1.29, 1.82) is 0 Å². The van der Waals surface area contributed by atoms with Crippen LogP contribution >= 0.6 is 11.3 Å². The van der Waals surface area contributed by atoms with Gasteiger partial charge in [-0.05, 0) is 22.6 Å². The standard InChI is InChI=1S/C20H20N2OS/c21-18(14-17-12-7-13-24-17)20(23)22-19(15-8-3-1-4-9-15)16-10-5-2-6-11-16/h1-13,18-19H,14,21H2,(H,22,23)/t18-/m0/s1. The van der Waals surface area contributed by atoms with Crippen LogP contribution in [-0.4, -0.2) is 11.9 Å². The molecule has 0 bridgehead atoms. The van der Waals surface area contributed by atoms with Crippen molar-refractivity contribution in [2.45, 2.75) is 18.5 Å². The van der Waals surface area contributed by atoms with E-state index in [4.69, 9.17) is 5.73 Å². The third-order valence-corrected chi connectivity index (χ3v) is 4.79. The van der Waals surface area contributed by atoms with E-state index in [1.807, 2.05) is 78.2 Å². The summed E-state index contributed by atoms with van der Waals surface area (Å²) in [7, 11) is 0. The molecular weight excluding hydrogens is 316 g/mol. The van der Waals surface area contributed by atoms with E-state index in [1.165, 1.54) is 0 Å². The van der Waals surface area contributed by atoms with Gasteiger partial charge in [-0.1, -0.05) is 66.7 Å². The fraction of sp³-hybridized carbons (Fsp3) is 0.150. The lowest BCUT2D eigenvalue weighted by atomic mass is 9.98. The molecule has 0 unspecified atom stereocenters. The second kappa shape index (κ2) is 7.90. The highest BCUT2D eigenvalue weighted by atomic mass is 32.1. The zero-order valence-electron chi connectivity index (χ0n) is 13.3. The molecule has 2 aromatic carbocycles. The first kappa shape index (κ1) is 16.4. The Hall–Kier alpha value is -2.43. The maximum atomic E-state index is 12.6. The van der Waals surface area contributed by atoms with Gasteiger partial charge in [0.2, 0.25) is 5.91 Å². The van der Waals surface area contributed by atoms with Crippen LogP contribution in [0.4, 0.5) is 0 Å². The summed E-state index contributed by atoms with van der Waals surface area (Å²) in [6.07, 6.45) is 0.555. The van der Waals surface area contributed by atoms with Crippen LogP contribution in [0.25, 0.3) is 0 Å². The SMILES string of the molecule is N[C@@H](Cc1cccs1)C(=O)NC(c1ccccc1)c1ccccc1. The molecule has 1 atom stereocenters. The zero-order chi connectivity index (χ0) is 16.8. The smallest absolute Gasteiger partial charge is 0.238 e. The van der Waals surface area contributed by atoms with E-state index < -0.39 is 6.04 Å². The molecule has 0 aliphatic rings. The Balaban J connectivity index is 1.78. The fourth-order valence-corrected chi connectivity index (χ4v) is 3.40. The quantitative estimate of drug-likeness (QED) is 0.723. The minimum Gasteiger partial charge on any atom is -0.344 e. The van der Waals surface area contributed by atoms with E-state index in [1.54, 1.807) is 11.3 Å². The molecule has 3 rings (SSSR count). The summed E-state index contributed by atoms with van der Waals surface area (Å²) in [5.74, 6) is -0.138. The third-order valence-electron chi connectivity index (χ3n) is 3.89. The molecule has 1 amide bonds. The van der Waals surface area contributed by atoms with E-state index in [0.29, 0.717) is 6.42 Å². The van der Waals surface area contributed by atoms with Crippen molar-refractivity contribution in [2.75, 3.05) is 0 Å². The minimum absolute atomic E-state index is 0.138. The monoisotopic (exact) mass is 336 g/mol. The summed E-state index contributed by atoms with van der Waals surface area (Å²) < 4.78 is 0. The van der Waals surface area contributed by atoms with Gasteiger partial charge in [-0.15, -0.1) is 11.3 Å². The summed E-state index contributed by atoms with van der Waals surface area (Å²) in [4.78, 5) is 13.7. The number of carbonyl (C=O) groups excluding carboxylic acids is 1. The lowest BCUT2D eigenvalue weighted by Gasteiger charge is -2.22. The Bertz CT molecular complexity index is 717. The molecule has 3 aromatic rings. The van der Waals surface area contributed by atoms with Gasteiger partial charge in [-0.25, -0.2) is 0 Å². The van der Waals surface area contributed by atoms with Crippen LogP contribution in [0.3, 0.4) is 0 Å². The first-order valence-corrected chi connectivity index (χ1v) is 8.80. The molecule has 24 heavy (non-hydrogen) atoms. The van der Waals surface area contributed by atoms with E-state index in [9.17, 15) is 4.79 Å². The van der Waals surface area contributed by atoms with Crippen molar-refractivity contribution in [2.24, 2.45) is 5.73 Å². The maximum absolute atomic E-state index is 12.6. The highest BCUT2D eigenvalue weighted by Gasteiger charge is 2.21. The molecule has 0 aliphatic heterocycles. The fourth-order valence-electron chi connectivity index (χ4n) is 2.64. The van der Waals surface area contributed by atoms with Gasteiger partial charge in [0.15, 0.2) is 0 Å². The van der Waals surface area contributed by atoms with E-state index in [0.717, 1.165) is 16.0 Å². The number of hydrogen-bond acceptors (Lipinski definition) is 3. The Morgan fingerprint density at radius 1 is 0.917 bits per heavy atom. The van der Waals surface area contributed by atoms with Gasteiger partial charge in [-0.2, -0.15) is 0 Å².